The van der Waals surface area contributed by atoms with Gasteiger partial charge in [-0.1, -0.05) is 30.3 Å². The number of amides is 2. The maximum atomic E-state index is 12.9. The van der Waals surface area contributed by atoms with Crippen molar-refractivity contribution in [2.75, 3.05) is 6.54 Å². The lowest BCUT2D eigenvalue weighted by Crippen LogP contribution is -2.48. The van der Waals surface area contributed by atoms with Gasteiger partial charge in [-0.25, -0.2) is 0 Å². The van der Waals surface area contributed by atoms with Crippen molar-refractivity contribution in [3.8, 4) is 11.8 Å². The fourth-order valence-corrected chi connectivity index (χ4v) is 3.07. The molecule has 3 rings (SSSR count). The molecule has 28 heavy (non-hydrogen) atoms. The zero-order valence-corrected chi connectivity index (χ0v) is 15.3. The highest BCUT2D eigenvalue weighted by Gasteiger charge is 2.23. The van der Waals surface area contributed by atoms with E-state index in [2.05, 4.69) is 10.6 Å². The fourth-order valence-electron chi connectivity index (χ4n) is 3.07. The summed E-state index contributed by atoms with van der Waals surface area (Å²) in [7, 11) is 1.79. The maximum absolute atomic E-state index is 12.9. The number of aromatic nitrogens is 1. The van der Waals surface area contributed by atoms with E-state index >= 15 is 0 Å². The first-order valence-corrected chi connectivity index (χ1v) is 8.77. The molecular formula is C21H20N4O3. The molecule has 0 aliphatic rings. The Kier molecular flexibility index (Phi) is 5.61. The minimum Gasteiger partial charge on any atom is -0.508 e. The number of nitrogens with zero attached hydrogens (tertiary/aromatic N) is 2. The molecule has 7 heteroatoms. The van der Waals surface area contributed by atoms with Crippen LogP contribution >= 0.6 is 0 Å². The molecule has 0 bridgehead atoms. The van der Waals surface area contributed by atoms with Gasteiger partial charge >= 0.3 is 0 Å². The number of nitrogens with one attached hydrogen (secondary N) is 2. The third-order valence-corrected chi connectivity index (χ3v) is 4.52. The number of benzene rings is 2. The van der Waals surface area contributed by atoms with Crippen LogP contribution in [0.4, 0.5) is 0 Å². The van der Waals surface area contributed by atoms with Crippen molar-refractivity contribution in [1.29, 1.82) is 5.26 Å². The molecule has 2 amide bonds. The third-order valence-electron chi connectivity index (χ3n) is 4.52. The number of rotatable bonds is 6. The molecule has 0 saturated heterocycles. The van der Waals surface area contributed by atoms with E-state index in [0.29, 0.717) is 5.69 Å². The number of para-hydroxylation sites is 1. The standard InChI is InChI=1S/C21H20N4O3/c1-25-18-5-3-2-4-15(18)13-19(25)21(28)24-17(20(27)23-11-10-22)12-14-6-8-16(26)9-7-14/h2-9,13,17,26H,11-12H2,1H3,(H,23,27)(H,24,28). The van der Waals surface area contributed by atoms with Crippen molar-refractivity contribution in [3.05, 3.63) is 65.9 Å². The highest BCUT2D eigenvalue weighted by molar-refractivity contribution is 6.00. The van der Waals surface area contributed by atoms with Crippen molar-refractivity contribution >= 4 is 22.7 Å². The first kappa shape index (κ1) is 19.0. The van der Waals surface area contributed by atoms with E-state index in [1.54, 1.807) is 29.8 Å². The Morgan fingerprint density at radius 3 is 2.57 bits per heavy atom. The number of carbonyl (C=O) groups is 2. The van der Waals surface area contributed by atoms with Crippen LogP contribution in [0.5, 0.6) is 5.75 Å². The Balaban J connectivity index is 1.83. The molecule has 0 aliphatic carbocycles. The number of carbonyl (C=O) groups excluding carboxylic acids is 2. The van der Waals surface area contributed by atoms with Crippen LogP contribution in [0.3, 0.4) is 0 Å². The van der Waals surface area contributed by atoms with Gasteiger partial charge in [0.05, 0.1) is 6.07 Å². The molecule has 1 unspecified atom stereocenters. The van der Waals surface area contributed by atoms with Gasteiger partial charge in [-0.2, -0.15) is 5.26 Å². The van der Waals surface area contributed by atoms with Crippen LogP contribution in [-0.4, -0.2) is 34.1 Å². The fraction of sp³-hybridized carbons (Fsp3) is 0.190. The van der Waals surface area contributed by atoms with Crippen molar-refractivity contribution in [1.82, 2.24) is 15.2 Å². The Morgan fingerprint density at radius 1 is 1.18 bits per heavy atom. The van der Waals surface area contributed by atoms with Gasteiger partial charge in [0.15, 0.2) is 0 Å². The average molecular weight is 376 g/mol. The number of nitriles is 1. The van der Waals surface area contributed by atoms with Gasteiger partial charge in [0.2, 0.25) is 5.91 Å². The van der Waals surface area contributed by atoms with Crippen molar-refractivity contribution in [3.63, 3.8) is 0 Å². The lowest BCUT2D eigenvalue weighted by atomic mass is 10.0. The summed E-state index contributed by atoms with van der Waals surface area (Å²) in [6, 6.07) is 16.8. The van der Waals surface area contributed by atoms with Crippen LogP contribution < -0.4 is 10.6 Å². The van der Waals surface area contributed by atoms with Crippen LogP contribution in [0.2, 0.25) is 0 Å². The van der Waals surface area contributed by atoms with Crippen LogP contribution in [0.25, 0.3) is 10.9 Å². The smallest absolute Gasteiger partial charge is 0.268 e. The van der Waals surface area contributed by atoms with E-state index in [-0.39, 0.29) is 24.6 Å². The Hall–Kier alpha value is -3.79. The summed E-state index contributed by atoms with van der Waals surface area (Å²) in [6.45, 7) is -0.144. The Morgan fingerprint density at radius 2 is 1.89 bits per heavy atom. The highest BCUT2D eigenvalue weighted by atomic mass is 16.3. The van der Waals surface area contributed by atoms with Crippen LogP contribution in [0, 0.1) is 11.3 Å². The molecule has 1 aromatic heterocycles. The largest absolute Gasteiger partial charge is 0.508 e. The number of phenols is 1. The van der Waals surface area contributed by atoms with Gasteiger partial charge in [-0.15, -0.1) is 0 Å². The summed E-state index contributed by atoms with van der Waals surface area (Å²) in [5.74, 6) is -0.704. The molecule has 142 valence electrons. The number of fused-ring (bicyclic) bond motifs is 1. The molecule has 0 spiro atoms. The Bertz CT molecular complexity index is 1050. The van der Waals surface area contributed by atoms with E-state index in [4.69, 9.17) is 5.26 Å². The molecule has 3 aromatic rings. The van der Waals surface area contributed by atoms with E-state index in [0.717, 1.165) is 16.5 Å². The lowest BCUT2D eigenvalue weighted by molar-refractivity contribution is -0.122. The van der Waals surface area contributed by atoms with Gasteiger partial charge in [0, 0.05) is 24.4 Å². The number of hydrogen-bond donors (Lipinski definition) is 3. The van der Waals surface area contributed by atoms with E-state index in [1.807, 2.05) is 30.3 Å². The van der Waals surface area contributed by atoms with E-state index in [1.165, 1.54) is 12.1 Å². The molecule has 7 nitrogen and oxygen atoms in total. The summed E-state index contributed by atoms with van der Waals surface area (Å²) >= 11 is 0. The first-order valence-electron chi connectivity index (χ1n) is 8.77. The SMILES string of the molecule is Cn1c(C(=O)NC(Cc2ccc(O)cc2)C(=O)NCC#N)cc2ccccc21. The molecule has 0 aliphatic heterocycles. The second-order valence-electron chi connectivity index (χ2n) is 6.42. The summed E-state index contributed by atoms with van der Waals surface area (Å²) in [5.41, 5.74) is 2.12. The quantitative estimate of drug-likeness (QED) is 0.571. The second-order valence-corrected chi connectivity index (χ2v) is 6.42. The number of aryl methyl sites for hydroxylation is 1. The van der Waals surface area contributed by atoms with Gasteiger partial charge in [-0.3, -0.25) is 9.59 Å². The third kappa shape index (κ3) is 4.13. The summed E-state index contributed by atoms with van der Waals surface area (Å²) < 4.78 is 1.77. The number of hydrogen-bond acceptors (Lipinski definition) is 4. The van der Waals surface area contributed by atoms with Crippen LogP contribution in [0.15, 0.2) is 54.6 Å². The minimum atomic E-state index is -0.858. The number of aromatic hydroxyl groups is 1. The molecule has 0 saturated carbocycles. The maximum Gasteiger partial charge on any atom is 0.268 e. The van der Waals surface area contributed by atoms with Gasteiger partial charge in [0.1, 0.15) is 24.0 Å². The topological polar surface area (TPSA) is 107 Å². The van der Waals surface area contributed by atoms with Crippen molar-refractivity contribution < 1.29 is 14.7 Å². The normalized spacial score (nSPS) is 11.6. The molecule has 0 radical (unpaired) electrons. The zero-order chi connectivity index (χ0) is 20.1. The molecule has 1 atom stereocenters. The predicted molar refractivity (Wildman–Crippen MR) is 105 cm³/mol. The van der Waals surface area contributed by atoms with Crippen LogP contribution in [-0.2, 0) is 18.3 Å². The minimum absolute atomic E-state index is 0.119. The van der Waals surface area contributed by atoms with Gasteiger partial charge in [-0.05, 0) is 29.8 Å². The monoisotopic (exact) mass is 376 g/mol. The first-order chi connectivity index (χ1) is 13.5. The van der Waals surface area contributed by atoms with Crippen molar-refractivity contribution in [2.45, 2.75) is 12.5 Å². The lowest BCUT2D eigenvalue weighted by Gasteiger charge is -2.18. The van der Waals surface area contributed by atoms with Crippen molar-refractivity contribution in [2.24, 2.45) is 7.05 Å². The summed E-state index contributed by atoms with van der Waals surface area (Å²) in [5, 5.41) is 24.3. The van der Waals surface area contributed by atoms with E-state index < -0.39 is 11.9 Å². The molecule has 3 N–H and O–H groups in total. The Labute approximate surface area is 162 Å². The van der Waals surface area contributed by atoms with Crippen LogP contribution in [0.1, 0.15) is 16.1 Å². The molecule has 2 aromatic carbocycles. The molecular weight excluding hydrogens is 356 g/mol. The predicted octanol–water partition coefficient (Wildman–Crippen LogP) is 1.86. The number of phenolic OH excluding ortho intramolecular Hbond substituents is 1. The summed E-state index contributed by atoms with van der Waals surface area (Å²) in [6.07, 6.45) is 0.229. The van der Waals surface area contributed by atoms with Gasteiger partial charge < -0.3 is 20.3 Å². The highest BCUT2D eigenvalue weighted by Crippen LogP contribution is 2.18. The zero-order valence-electron chi connectivity index (χ0n) is 15.3. The molecule has 1 heterocycles. The molecule has 0 fully saturated rings. The summed E-state index contributed by atoms with van der Waals surface area (Å²) in [4.78, 5) is 25.3. The second kappa shape index (κ2) is 8.27. The van der Waals surface area contributed by atoms with E-state index in [9.17, 15) is 14.7 Å². The average Bonchev–Trinajstić information content (AvgIpc) is 3.04. The van der Waals surface area contributed by atoms with Gasteiger partial charge in [0.25, 0.3) is 5.91 Å².